The molecule has 0 radical (unpaired) electrons. The van der Waals surface area contributed by atoms with E-state index in [1.165, 1.54) is 6.42 Å². The van der Waals surface area contributed by atoms with Gasteiger partial charge in [-0.25, -0.2) is 0 Å². The highest BCUT2D eigenvalue weighted by Gasteiger charge is 2.19. The molecule has 0 fully saturated rings. The van der Waals surface area contributed by atoms with Crippen LogP contribution in [0.2, 0.25) is 19.6 Å². The molecule has 1 unspecified atom stereocenters. The van der Waals surface area contributed by atoms with Gasteiger partial charge >= 0.3 is 0 Å². The van der Waals surface area contributed by atoms with Crippen molar-refractivity contribution in [2.45, 2.75) is 51.9 Å². The van der Waals surface area contributed by atoms with Crippen molar-refractivity contribution < 1.29 is 4.43 Å². The maximum Gasteiger partial charge on any atom is 0.184 e. The van der Waals surface area contributed by atoms with Crippen LogP contribution >= 0.6 is 0 Å². The predicted molar refractivity (Wildman–Crippen MR) is 61.5 cm³/mol. The fourth-order valence-electron chi connectivity index (χ4n) is 1.26. The van der Waals surface area contributed by atoms with Crippen molar-refractivity contribution in [1.29, 1.82) is 0 Å². The molecule has 1 atom stereocenters. The molecule has 0 aromatic heterocycles. The van der Waals surface area contributed by atoms with Crippen molar-refractivity contribution in [3.8, 4) is 0 Å². The van der Waals surface area contributed by atoms with Crippen molar-refractivity contribution in [3.05, 3.63) is 18.4 Å². The van der Waals surface area contributed by atoms with E-state index >= 15 is 0 Å². The molecule has 0 aliphatic rings. The maximum atomic E-state index is 6.02. The monoisotopic (exact) mass is 198 g/mol. The fraction of sp³-hybridized carbons (Fsp3) is 0.727. The summed E-state index contributed by atoms with van der Waals surface area (Å²) >= 11 is 0. The molecular weight excluding hydrogens is 176 g/mol. The van der Waals surface area contributed by atoms with Crippen molar-refractivity contribution in [1.82, 2.24) is 0 Å². The molecule has 0 rings (SSSR count). The largest absolute Gasteiger partial charge is 0.414 e. The summed E-state index contributed by atoms with van der Waals surface area (Å²) in [5, 5.41) is 0. The van der Waals surface area contributed by atoms with Gasteiger partial charge in [0.1, 0.15) is 0 Å². The summed E-state index contributed by atoms with van der Waals surface area (Å²) in [6.45, 7) is 12.4. The average molecular weight is 198 g/mol. The van der Waals surface area contributed by atoms with Gasteiger partial charge in [0.05, 0.1) is 0 Å². The van der Waals surface area contributed by atoms with E-state index in [1.807, 2.05) is 6.08 Å². The van der Waals surface area contributed by atoms with Gasteiger partial charge in [0.15, 0.2) is 8.32 Å². The van der Waals surface area contributed by atoms with Crippen LogP contribution in [-0.2, 0) is 4.43 Å². The third-order valence-corrected chi connectivity index (χ3v) is 2.70. The molecule has 13 heavy (non-hydrogen) atoms. The lowest BCUT2D eigenvalue weighted by Gasteiger charge is -2.25. The van der Waals surface area contributed by atoms with Crippen LogP contribution in [0.15, 0.2) is 18.4 Å². The van der Waals surface area contributed by atoms with Gasteiger partial charge in [-0.05, 0) is 38.6 Å². The molecule has 0 bridgehead atoms. The van der Waals surface area contributed by atoms with Crippen LogP contribution in [-0.4, -0.2) is 14.4 Å². The quantitative estimate of drug-likeness (QED) is 0.467. The minimum Gasteiger partial charge on any atom is -0.414 e. The molecule has 1 nitrogen and oxygen atoms in total. The highest BCUT2D eigenvalue weighted by atomic mass is 28.4. The molecule has 0 saturated heterocycles. The molecule has 0 aliphatic heterocycles. The van der Waals surface area contributed by atoms with Gasteiger partial charge in [0.2, 0.25) is 0 Å². The second-order valence-corrected chi connectivity index (χ2v) is 8.75. The zero-order chi connectivity index (χ0) is 10.3. The molecule has 0 N–H and O–H groups in total. The van der Waals surface area contributed by atoms with Gasteiger partial charge in [-0.15, -0.1) is 5.73 Å². The normalized spacial score (nSPS) is 13.5. The zero-order valence-corrected chi connectivity index (χ0v) is 10.4. The lowest BCUT2D eigenvalue weighted by Crippen LogP contribution is -2.31. The standard InChI is InChI=1S/C11H22OSi/c1-6-8-10-11(9-7-2)12-13(3,4)5/h8,11H,1,7,9-10H2,2-5H3. The van der Waals surface area contributed by atoms with Crippen LogP contribution in [0, 0.1) is 0 Å². The van der Waals surface area contributed by atoms with E-state index in [2.05, 4.69) is 38.9 Å². The summed E-state index contributed by atoms with van der Waals surface area (Å²) in [6, 6.07) is 0. The van der Waals surface area contributed by atoms with E-state index in [-0.39, 0.29) is 0 Å². The second kappa shape index (κ2) is 6.20. The summed E-state index contributed by atoms with van der Waals surface area (Å²) in [5.41, 5.74) is 2.80. The molecular formula is C11H22OSi. The minimum absolute atomic E-state index is 0.380. The van der Waals surface area contributed by atoms with E-state index in [4.69, 9.17) is 4.43 Å². The van der Waals surface area contributed by atoms with Gasteiger partial charge in [-0.1, -0.05) is 19.9 Å². The Kier molecular flexibility index (Phi) is 6.05. The van der Waals surface area contributed by atoms with E-state index in [9.17, 15) is 0 Å². The number of rotatable bonds is 6. The Bertz CT molecular complexity index is 175. The highest BCUT2D eigenvalue weighted by molar-refractivity contribution is 6.69. The van der Waals surface area contributed by atoms with E-state index in [1.54, 1.807) is 0 Å². The summed E-state index contributed by atoms with van der Waals surface area (Å²) in [6.07, 6.45) is 5.64. The Balaban J connectivity index is 4.00. The van der Waals surface area contributed by atoms with Gasteiger partial charge in [-0.2, -0.15) is 0 Å². The molecule has 0 aliphatic carbocycles. The summed E-state index contributed by atoms with van der Waals surface area (Å²) in [4.78, 5) is 0. The summed E-state index contributed by atoms with van der Waals surface area (Å²) < 4.78 is 6.02. The van der Waals surface area contributed by atoms with E-state index in [0.717, 1.165) is 12.8 Å². The fourth-order valence-corrected chi connectivity index (χ4v) is 2.48. The predicted octanol–water partition coefficient (Wildman–Crippen LogP) is 3.74. The van der Waals surface area contributed by atoms with Crippen LogP contribution in [0.3, 0.4) is 0 Å². The molecule has 2 heteroatoms. The van der Waals surface area contributed by atoms with E-state index < -0.39 is 8.32 Å². The van der Waals surface area contributed by atoms with Crippen LogP contribution in [0.5, 0.6) is 0 Å². The SMILES string of the molecule is C=C=CCC(CCC)O[Si](C)(C)C. The van der Waals surface area contributed by atoms with Crippen molar-refractivity contribution in [2.75, 3.05) is 0 Å². The smallest absolute Gasteiger partial charge is 0.184 e. The van der Waals surface area contributed by atoms with Gasteiger partial charge in [0.25, 0.3) is 0 Å². The summed E-state index contributed by atoms with van der Waals surface area (Å²) in [5.74, 6) is 0. The Morgan fingerprint density at radius 3 is 2.46 bits per heavy atom. The van der Waals surface area contributed by atoms with Crippen molar-refractivity contribution >= 4 is 8.32 Å². The average Bonchev–Trinajstić information content (AvgIpc) is 1.98. The third-order valence-electron chi connectivity index (χ3n) is 1.66. The first-order valence-electron chi connectivity index (χ1n) is 5.01. The molecule has 0 spiro atoms. The number of hydrogen-bond acceptors (Lipinski definition) is 1. The molecule has 0 heterocycles. The van der Waals surface area contributed by atoms with Gasteiger partial charge in [-0.3, -0.25) is 0 Å². The third kappa shape index (κ3) is 8.04. The summed E-state index contributed by atoms with van der Waals surface area (Å²) in [7, 11) is -1.38. The minimum atomic E-state index is -1.38. The van der Waals surface area contributed by atoms with Crippen LogP contribution < -0.4 is 0 Å². The Labute approximate surface area is 83.6 Å². The molecule has 0 aromatic carbocycles. The van der Waals surface area contributed by atoms with Crippen LogP contribution in [0.1, 0.15) is 26.2 Å². The van der Waals surface area contributed by atoms with Crippen LogP contribution in [0.4, 0.5) is 0 Å². The molecule has 0 aromatic rings. The first-order chi connectivity index (χ1) is 5.99. The molecule has 76 valence electrons. The lowest BCUT2D eigenvalue weighted by molar-refractivity contribution is 0.186. The topological polar surface area (TPSA) is 9.23 Å². The molecule has 0 amide bonds. The maximum absolute atomic E-state index is 6.02. The van der Waals surface area contributed by atoms with Gasteiger partial charge < -0.3 is 4.43 Å². The lowest BCUT2D eigenvalue weighted by atomic mass is 10.1. The second-order valence-electron chi connectivity index (χ2n) is 4.28. The van der Waals surface area contributed by atoms with E-state index in [0.29, 0.717) is 6.10 Å². The Morgan fingerprint density at radius 1 is 1.46 bits per heavy atom. The first kappa shape index (κ1) is 12.7. The Hall–Kier alpha value is -0.303. The molecule has 0 saturated carbocycles. The first-order valence-corrected chi connectivity index (χ1v) is 8.42. The number of hydrogen-bond donors (Lipinski definition) is 0. The Morgan fingerprint density at radius 2 is 2.08 bits per heavy atom. The highest BCUT2D eigenvalue weighted by Crippen LogP contribution is 2.14. The van der Waals surface area contributed by atoms with Crippen LogP contribution in [0.25, 0.3) is 0 Å². The van der Waals surface area contributed by atoms with Crippen molar-refractivity contribution in [2.24, 2.45) is 0 Å². The van der Waals surface area contributed by atoms with Gasteiger partial charge in [0, 0.05) is 6.10 Å². The van der Waals surface area contributed by atoms with Crippen molar-refractivity contribution in [3.63, 3.8) is 0 Å². The zero-order valence-electron chi connectivity index (χ0n) is 9.39.